The van der Waals surface area contributed by atoms with Gasteiger partial charge < -0.3 is 9.47 Å². The van der Waals surface area contributed by atoms with Gasteiger partial charge in [-0.25, -0.2) is 18.6 Å². The van der Waals surface area contributed by atoms with Crippen LogP contribution in [0.15, 0.2) is 58.5 Å². The van der Waals surface area contributed by atoms with E-state index in [1.807, 2.05) is 0 Å². The molecule has 0 radical (unpaired) electrons. The summed E-state index contributed by atoms with van der Waals surface area (Å²) in [5, 5.41) is 3.79. The third-order valence-corrected chi connectivity index (χ3v) is 4.70. The molecule has 2 aromatic carbocycles. The largest absolute Gasteiger partial charge is 0.493 e. The number of hydrazone groups is 1. The molecule has 0 unspecified atom stereocenters. The summed E-state index contributed by atoms with van der Waals surface area (Å²) in [6, 6.07) is 12.9. The normalized spacial score (nSPS) is 11.3. The van der Waals surface area contributed by atoms with E-state index >= 15 is 0 Å². The first kappa shape index (κ1) is 19.4. The summed E-state index contributed by atoms with van der Waals surface area (Å²) in [7, 11) is -0.699. The lowest BCUT2D eigenvalue weighted by Gasteiger charge is -2.07. The molecule has 8 nitrogen and oxygen atoms in total. The number of sulfonamides is 1. The highest BCUT2D eigenvalue weighted by Crippen LogP contribution is 2.26. The first-order valence-electron chi connectivity index (χ1n) is 7.55. The van der Waals surface area contributed by atoms with Crippen LogP contribution < -0.4 is 19.6 Å². The van der Waals surface area contributed by atoms with E-state index in [-0.39, 0.29) is 4.90 Å². The predicted octanol–water partition coefficient (Wildman–Crippen LogP) is 1.13. The number of nitrogens with one attached hydrogen (secondary N) is 2. The molecule has 2 rings (SSSR count). The van der Waals surface area contributed by atoms with E-state index < -0.39 is 22.5 Å². The predicted molar refractivity (Wildman–Crippen MR) is 96.9 cm³/mol. The zero-order valence-electron chi connectivity index (χ0n) is 14.3. The summed E-state index contributed by atoms with van der Waals surface area (Å²) in [4.78, 5) is 11.8. The molecule has 0 saturated heterocycles. The standard InChI is InChI=1S/C17H19N3O5S/c1-24-15-9-8-13(10-16(15)25-2)11-18-20-17(21)12-19-26(22,23)14-6-4-3-5-7-14/h3-11,19H,12H2,1-2H3,(H,20,21)/b18-11+. The Hall–Kier alpha value is -2.91. The number of hydrogen-bond donors (Lipinski definition) is 2. The monoisotopic (exact) mass is 377 g/mol. The lowest BCUT2D eigenvalue weighted by molar-refractivity contribution is -0.119. The van der Waals surface area contributed by atoms with Crippen molar-refractivity contribution in [2.45, 2.75) is 4.90 Å². The quantitative estimate of drug-likeness (QED) is 0.530. The Balaban J connectivity index is 1.90. The number of hydrogen-bond acceptors (Lipinski definition) is 6. The fourth-order valence-corrected chi connectivity index (χ4v) is 3.00. The van der Waals surface area contributed by atoms with Gasteiger partial charge in [-0.3, -0.25) is 4.79 Å². The van der Waals surface area contributed by atoms with Crippen LogP contribution in [0.2, 0.25) is 0 Å². The van der Waals surface area contributed by atoms with Crippen molar-refractivity contribution in [3.8, 4) is 11.5 Å². The average molecular weight is 377 g/mol. The summed E-state index contributed by atoms with van der Waals surface area (Å²) in [5.74, 6) is 0.503. The lowest BCUT2D eigenvalue weighted by atomic mass is 10.2. The van der Waals surface area contributed by atoms with Gasteiger partial charge in [0.05, 0.1) is 31.9 Å². The molecule has 2 aromatic rings. The van der Waals surface area contributed by atoms with Crippen molar-refractivity contribution in [2.75, 3.05) is 20.8 Å². The number of benzene rings is 2. The Labute approximate surface area is 151 Å². The molecule has 0 aliphatic carbocycles. The van der Waals surface area contributed by atoms with E-state index in [2.05, 4.69) is 15.2 Å². The number of rotatable bonds is 8. The molecule has 0 aromatic heterocycles. The third kappa shape index (κ3) is 5.30. The van der Waals surface area contributed by atoms with Crippen LogP contribution in [0.5, 0.6) is 11.5 Å². The fourth-order valence-electron chi connectivity index (χ4n) is 1.99. The number of nitrogens with zero attached hydrogens (tertiary/aromatic N) is 1. The highest BCUT2D eigenvalue weighted by Gasteiger charge is 2.14. The summed E-state index contributed by atoms with van der Waals surface area (Å²) >= 11 is 0. The Morgan fingerprint density at radius 1 is 1.08 bits per heavy atom. The van der Waals surface area contributed by atoms with Gasteiger partial charge in [-0.15, -0.1) is 0 Å². The van der Waals surface area contributed by atoms with Gasteiger partial charge in [-0.2, -0.15) is 5.10 Å². The first-order chi connectivity index (χ1) is 12.5. The molecular formula is C17H19N3O5S. The molecule has 138 valence electrons. The van der Waals surface area contributed by atoms with E-state index in [0.717, 1.165) is 0 Å². The van der Waals surface area contributed by atoms with Crippen LogP contribution in [0.4, 0.5) is 0 Å². The summed E-state index contributed by atoms with van der Waals surface area (Å²) in [6.45, 7) is -0.430. The molecule has 0 spiro atoms. The Morgan fingerprint density at radius 3 is 2.42 bits per heavy atom. The van der Waals surface area contributed by atoms with Crippen molar-refractivity contribution in [1.29, 1.82) is 0 Å². The van der Waals surface area contributed by atoms with Crippen LogP contribution in [0.25, 0.3) is 0 Å². The SMILES string of the molecule is COc1ccc(/C=N/NC(=O)CNS(=O)(=O)c2ccccc2)cc1OC. The van der Waals surface area contributed by atoms with E-state index in [1.165, 1.54) is 32.6 Å². The minimum absolute atomic E-state index is 0.0848. The van der Waals surface area contributed by atoms with Gasteiger partial charge in [0, 0.05) is 0 Å². The molecule has 0 aliphatic heterocycles. The molecule has 0 aliphatic rings. The second-order valence-electron chi connectivity index (χ2n) is 5.05. The maximum atomic E-state index is 12.0. The Morgan fingerprint density at radius 2 is 1.77 bits per heavy atom. The first-order valence-corrected chi connectivity index (χ1v) is 9.03. The van der Waals surface area contributed by atoms with E-state index in [4.69, 9.17) is 9.47 Å². The fraction of sp³-hybridized carbons (Fsp3) is 0.176. The van der Waals surface area contributed by atoms with Crippen LogP contribution in [-0.4, -0.2) is 41.3 Å². The smallest absolute Gasteiger partial charge is 0.255 e. The zero-order chi connectivity index (χ0) is 19.0. The van der Waals surface area contributed by atoms with Crippen LogP contribution in [-0.2, 0) is 14.8 Å². The maximum absolute atomic E-state index is 12.0. The number of ether oxygens (including phenoxy) is 2. The molecule has 0 fully saturated rings. The van der Waals surface area contributed by atoms with Crippen molar-refractivity contribution in [2.24, 2.45) is 5.10 Å². The van der Waals surface area contributed by atoms with Crippen molar-refractivity contribution in [1.82, 2.24) is 10.1 Å². The number of amides is 1. The van der Waals surface area contributed by atoms with Crippen LogP contribution in [0, 0.1) is 0 Å². The van der Waals surface area contributed by atoms with Gasteiger partial charge in [0.2, 0.25) is 10.0 Å². The van der Waals surface area contributed by atoms with E-state index in [1.54, 1.807) is 36.4 Å². The molecule has 1 amide bonds. The third-order valence-electron chi connectivity index (χ3n) is 3.29. The number of carbonyl (C=O) groups is 1. The molecule has 0 atom stereocenters. The van der Waals surface area contributed by atoms with Crippen molar-refractivity contribution < 1.29 is 22.7 Å². The summed E-state index contributed by atoms with van der Waals surface area (Å²) in [5.41, 5.74) is 2.93. The van der Waals surface area contributed by atoms with Gasteiger partial charge in [0.25, 0.3) is 5.91 Å². The summed E-state index contributed by atoms with van der Waals surface area (Å²) in [6.07, 6.45) is 1.41. The second-order valence-corrected chi connectivity index (χ2v) is 6.81. The van der Waals surface area contributed by atoms with Gasteiger partial charge in [0.15, 0.2) is 11.5 Å². The minimum Gasteiger partial charge on any atom is -0.493 e. The highest BCUT2D eigenvalue weighted by atomic mass is 32.2. The van der Waals surface area contributed by atoms with Crippen LogP contribution in [0.1, 0.15) is 5.56 Å². The highest BCUT2D eigenvalue weighted by molar-refractivity contribution is 7.89. The number of carbonyl (C=O) groups excluding carboxylic acids is 1. The van der Waals surface area contributed by atoms with E-state index in [9.17, 15) is 13.2 Å². The average Bonchev–Trinajstić information content (AvgIpc) is 2.67. The number of methoxy groups -OCH3 is 2. The van der Waals surface area contributed by atoms with Gasteiger partial charge in [0.1, 0.15) is 0 Å². The van der Waals surface area contributed by atoms with E-state index in [0.29, 0.717) is 17.1 Å². The van der Waals surface area contributed by atoms with Gasteiger partial charge in [-0.1, -0.05) is 18.2 Å². The summed E-state index contributed by atoms with van der Waals surface area (Å²) < 4.78 is 36.5. The topological polar surface area (TPSA) is 106 Å². The zero-order valence-corrected chi connectivity index (χ0v) is 15.1. The van der Waals surface area contributed by atoms with Crippen molar-refractivity contribution >= 4 is 22.1 Å². The molecule has 26 heavy (non-hydrogen) atoms. The van der Waals surface area contributed by atoms with Crippen LogP contribution >= 0.6 is 0 Å². The second kappa shape index (κ2) is 8.97. The van der Waals surface area contributed by atoms with Crippen molar-refractivity contribution in [3.05, 3.63) is 54.1 Å². The lowest BCUT2D eigenvalue weighted by Crippen LogP contribution is -2.34. The Bertz CT molecular complexity index is 883. The van der Waals surface area contributed by atoms with Crippen LogP contribution in [0.3, 0.4) is 0 Å². The van der Waals surface area contributed by atoms with Gasteiger partial charge in [-0.05, 0) is 35.9 Å². The Kier molecular flexibility index (Phi) is 6.70. The minimum atomic E-state index is -3.74. The van der Waals surface area contributed by atoms with Gasteiger partial charge >= 0.3 is 0 Å². The molecule has 0 saturated carbocycles. The van der Waals surface area contributed by atoms with Crippen molar-refractivity contribution in [3.63, 3.8) is 0 Å². The maximum Gasteiger partial charge on any atom is 0.255 e. The molecular weight excluding hydrogens is 358 g/mol. The molecule has 9 heteroatoms. The molecule has 2 N–H and O–H groups in total. The molecule has 0 heterocycles. The molecule has 0 bridgehead atoms.